The maximum atomic E-state index is 12.7. The van der Waals surface area contributed by atoms with Gasteiger partial charge in [-0.25, -0.2) is 4.79 Å². The molecule has 2 N–H and O–H groups in total. The zero-order valence-electron chi connectivity index (χ0n) is 19.4. The molecule has 7 heteroatoms. The van der Waals surface area contributed by atoms with Crippen molar-refractivity contribution in [1.82, 2.24) is 25.0 Å². The normalized spacial score (nSPS) is 16.7. The Balaban J connectivity index is 1.05. The quantitative estimate of drug-likeness (QED) is 0.619. The van der Waals surface area contributed by atoms with Gasteiger partial charge in [0.25, 0.3) is 0 Å². The van der Waals surface area contributed by atoms with Crippen molar-refractivity contribution in [1.29, 1.82) is 0 Å². The number of nitrogens with one attached hydrogen (secondary N) is 2. The zero-order valence-corrected chi connectivity index (χ0v) is 19.4. The van der Waals surface area contributed by atoms with Gasteiger partial charge < -0.3 is 20.1 Å². The molecule has 0 unspecified atom stereocenters. The number of fused-ring (bicyclic) bond motifs is 3. The van der Waals surface area contributed by atoms with Gasteiger partial charge in [-0.2, -0.15) is 0 Å². The van der Waals surface area contributed by atoms with E-state index in [1.807, 2.05) is 35.2 Å². The van der Waals surface area contributed by atoms with Crippen molar-refractivity contribution < 1.29 is 9.59 Å². The predicted octanol–water partition coefficient (Wildman–Crippen LogP) is 3.09. The van der Waals surface area contributed by atoms with Crippen LogP contribution in [0.4, 0.5) is 4.79 Å². The number of para-hydroxylation sites is 1. The first-order chi connectivity index (χ1) is 16.7. The van der Waals surface area contributed by atoms with Crippen LogP contribution in [-0.2, 0) is 17.8 Å². The summed E-state index contributed by atoms with van der Waals surface area (Å²) in [7, 11) is 0. The first-order valence-electron chi connectivity index (χ1n) is 12.0. The summed E-state index contributed by atoms with van der Waals surface area (Å²) in [5.41, 5.74) is 4.69. The third kappa shape index (κ3) is 4.99. The minimum absolute atomic E-state index is 0.0175. The molecule has 2 aliphatic rings. The number of rotatable bonds is 5. The molecule has 1 aromatic heterocycles. The fourth-order valence-corrected chi connectivity index (χ4v) is 4.82. The molecule has 2 aromatic carbocycles. The number of hydrogen-bond donors (Lipinski definition) is 2. The van der Waals surface area contributed by atoms with Gasteiger partial charge in [0.1, 0.15) is 0 Å². The monoisotopic (exact) mass is 457 g/mol. The zero-order chi connectivity index (χ0) is 23.3. The van der Waals surface area contributed by atoms with Gasteiger partial charge in [0.2, 0.25) is 5.91 Å². The molecular formula is C27H31N5O2. The van der Waals surface area contributed by atoms with Crippen molar-refractivity contribution in [2.75, 3.05) is 45.8 Å². The third-order valence-electron chi connectivity index (χ3n) is 6.76. The molecule has 2 aliphatic heterocycles. The number of H-pyrrole nitrogens is 1. The van der Waals surface area contributed by atoms with Crippen molar-refractivity contribution in [3.63, 3.8) is 0 Å². The number of carbonyl (C=O) groups is 2. The highest BCUT2D eigenvalue weighted by Crippen LogP contribution is 2.27. The van der Waals surface area contributed by atoms with Crippen LogP contribution in [0.3, 0.4) is 0 Å². The lowest BCUT2D eigenvalue weighted by Gasteiger charge is -2.34. The molecule has 0 aliphatic carbocycles. The summed E-state index contributed by atoms with van der Waals surface area (Å²) in [6.07, 6.45) is 5.12. The van der Waals surface area contributed by atoms with Crippen LogP contribution in [0.25, 0.3) is 17.0 Å². The highest BCUT2D eigenvalue weighted by molar-refractivity contribution is 5.86. The van der Waals surface area contributed by atoms with Gasteiger partial charge in [0, 0.05) is 55.9 Å². The Morgan fingerprint density at radius 1 is 0.912 bits per heavy atom. The predicted molar refractivity (Wildman–Crippen MR) is 134 cm³/mol. The second-order valence-corrected chi connectivity index (χ2v) is 8.95. The van der Waals surface area contributed by atoms with Gasteiger partial charge in [-0.05, 0) is 23.6 Å². The highest BCUT2D eigenvalue weighted by atomic mass is 16.2. The fraction of sp³-hybridized carbons (Fsp3) is 0.333. The Bertz CT molecular complexity index is 1180. The van der Waals surface area contributed by atoms with Gasteiger partial charge in [-0.15, -0.1) is 0 Å². The summed E-state index contributed by atoms with van der Waals surface area (Å²) in [6, 6.07) is 18.3. The fourth-order valence-electron chi connectivity index (χ4n) is 4.82. The second-order valence-electron chi connectivity index (χ2n) is 8.95. The van der Waals surface area contributed by atoms with Gasteiger partial charge in [-0.3, -0.25) is 9.69 Å². The summed E-state index contributed by atoms with van der Waals surface area (Å²) in [5, 5.41) is 4.07. The van der Waals surface area contributed by atoms with E-state index in [0.29, 0.717) is 26.2 Å². The van der Waals surface area contributed by atoms with E-state index in [2.05, 4.69) is 51.6 Å². The highest BCUT2D eigenvalue weighted by Gasteiger charge is 2.25. The average Bonchev–Trinajstić information content (AvgIpc) is 3.26. The number of carbonyl (C=O) groups excluding carboxylic acids is 2. The molecule has 3 heterocycles. The summed E-state index contributed by atoms with van der Waals surface area (Å²) >= 11 is 0. The number of urea groups is 1. The number of piperazine rings is 1. The standard InChI is InChI=1S/C27H31N5O2/c33-26(31-17-15-30(16-18-31)13-6-9-21-7-2-1-3-8-21)19-28-27(34)32-14-12-23-22-10-4-5-11-24(22)29-25(23)20-32/h1-11,29H,12-20H2,(H,28,34)/b9-6+. The number of aromatic amines is 1. The Morgan fingerprint density at radius 2 is 1.68 bits per heavy atom. The Morgan fingerprint density at radius 3 is 2.50 bits per heavy atom. The topological polar surface area (TPSA) is 71.7 Å². The van der Waals surface area contributed by atoms with E-state index in [-0.39, 0.29) is 18.5 Å². The molecule has 1 fully saturated rings. The second kappa shape index (κ2) is 10.1. The van der Waals surface area contributed by atoms with E-state index in [0.717, 1.165) is 37.3 Å². The molecule has 7 nitrogen and oxygen atoms in total. The molecule has 34 heavy (non-hydrogen) atoms. The van der Waals surface area contributed by atoms with Crippen LogP contribution in [0.5, 0.6) is 0 Å². The summed E-state index contributed by atoms with van der Waals surface area (Å²) in [4.78, 5) is 34.8. The van der Waals surface area contributed by atoms with E-state index in [4.69, 9.17) is 0 Å². The number of aromatic nitrogens is 1. The molecular weight excluding hydrogens is 426 g/mol. The molecule has 0 saturated carbocycles. The van der Waals surface area contributed by atoms with E-state index >= 15 is 0 Å². The van der Waals surface area contributed by atoms with E-state index in [1.165, 1.54) is 16.5 Å². The van der Waals surface area contributed by atoms with Crippen LogP contribution < -0.4 is 5.32 Å². The molecule has 0 radical (unpaired) electrons. The van der Waals surface area contributed by atoms with Crippen LogP contribution in [0.2, 0.25) is 0 Å². The van der Waals surface area contributed by atoms with E-state index in [1.54, 1.807) is 4.90 Å². The first-order valence-corrected chi connectivity index (χ1v) is 12.0. The average molecular weight is 458 g/mol. The SMILES string of the molecule is O=C(CNC(=O)N1CCc2c([nH]c3ccccc23)C1)N1CCN(C/C=C/c2ccccc2)CC1. The largest absolute Gasteiger partial charge is 0.357 e. The maximum Gasteiger partial charge on any atom is 0.318 e. The van der Waals surface area contributed by atoms with Crippen molar-refractivity contribution in [2.45, 2.75) is 13.0 Å². The maximum absolute atomic E-state index is 12.7. The van der Waals surface area contributed by atoms with Crippen molar-refractivity contribution in [2.24, 2.45) is 0 Å². The summed E-state index contributed by atoms with van der Waals surface area (Å²) in [6.45, 7) is 5.18. The van der Waals surface area contributed by atoms with Crippen LogP contribution in [0.15, 0.2) is 60.7 Å². The van der Waals surface area contributed by atoms with Crippen LogP contribution in [0, 0.1) is 0 Å². The van der Waals surface area contributed by atoms with E-state index < -0.39 is 0 Å². The summed E-state index contributed by atoms with van der Waals surface area (Å²) < 4.78 is 0. The molecule has 0 bridgehead atoms. The molecule has 1 saturated heterocycles. The van der Waals surface area contributed by atoms with Crippen molar-refractivity contribution in [3.05, 3.63) is 77.5 Å². The first kappa shape index (κ1) is 22.2. The van der Waals surface area contributed by atoms with Crippen molar-refractivity contribution >= 4 is 28.9 Å². The smallest absolute Gasteiger partial charge is 0.318 e. The van der Waals surface area contributed by atoms with Gasteiger partial charge >= 0.3 is 6.03 Å². The van der Waals surface area contributed by atoms with Crippen LogP contribution in [0.1, 0.15) is 16.8 Å². The van der Waals surface area contributed by atoms with Gasteiger partial charge in [0.05, 0.1) is 13.1 Å². The van der Waals surface area contributed by atoms with Crippen LogP contribution in [-0.4, -0.2) is 77.4 Å². The Labute approximate surface area is 200 Å². The molecule has 0 atom stereocenters. The Hall–Kier alpha value is -3.58. The molecule has 176 valence electrons. The minimum Gasteiger partial charge on any atom is -0.357 e. The minimum atomic E-state index is -0.178. The molecule has 5 rings (SSSR count). The Kier molecular flexibility index (Phi) is 6.62. The molecule has 3 aromatic rings. The van der Waals surface area contributed by atoms with E-state index in [9.17, 15) is 9.59 Å². The number of hydrogen-bond acceptors (Lipinski definition) is 3. The number of amides is 3. The number of nitrogens with zero attached hydrogens (tertiary/aromatic N) is 3. The van der Waals surface area contributed by atoms with Crippen LogP contribution >= 0.6 is 0 Å². The third-order valence-corrected chi connectivity index (χ3v) is 6.76. The van der Waals surface area contributed by atoms with Crippen molar-refractivity contribution in [3.8, 4) is 0 Å². The van der Waals surface area contributed by atoms with Gasteiger partial charge in [0.15, 0.2) is 0 Å². The lowest BCUT2D eigenvalue weighted by Crippen LogP contribution is -2.52. The lowest BCUT2D eigenvalue weighted by atomic mass is 10.0. The lowest BCUT2D eigenvalue weighted by molar-refractivity contribution is -0.131. The summed E-state index contributed by atoms with van der Waals surface area (Å²) in [5.74, 6) is -0.0175. The molecule has 3 amide bonds. The van der Waals surface area contributed by atoms with Gasteiger partial charge in [-0.1, -0.05) is 60.7 Å². The number of benzene rings is 2. The molecule has 0 spiro atoms.